The van der Waals surface area contributed by atoms with E-state index in [1.165, 1.54) is 18.5 Å². The van der Waals surface area contributed by atoms with Crippen LogP contribution < -0.4 is 4.74 Å². The number of rotatable bonds is 9. The molecule has 0 spiro atoms. The molecule has 0 aliphatic rings. The van der Waals surface area contributed by atoms with Crippen LogP contribution in [0.4, 0.5) is 8.78 Å². The van der Waals surface area contributed by atoms with Crippen LogP contribution in [0.15, 0.2) is 36.7 Å². The lowest BCUT2D eigenvalue weighted by Gasteiger charge is -2.09. The zero-order valence-electron chi connectivity index (χ0n) is 20.4. The smallest absolute Gasteiger partial charge is 0.263 e. The molecule has 0 unspecified atom stereocenters. The quantitative estimate of drug-likeness (QED) is 0.346. The van der Waals surface area contributed by atoms with Crippen molar-refractivity contribution >= 4 is 0 Å². The molecule has 0 saturated carbocycles. The van der Waals surface area contributed by atoms with Gasteiger partial charge in [-0.15, -0.1) is 0 Å². The number of halogens is 2. The molecule has 3 heterocycles. The second kappa shape index (κ2) is 10.3. The van der Waals surface area contributed by atoms with E-state index in [0.717, 1.165) is 45.3 Å². The van der Waals surface area contributed by atoms with Gasteiger partial charge in [0.25, 0.3) is 6.43 Å². The Morgan fingerprint density at radius 2 is 1.74 bits per heavy atom. The highest BCUT2D eigenvalue weighted by molar-refractivity contribution is 5.64. The minimum Gasteiger partial charge on any atom is -0.493 e. The molecule has 0 fully saturated rings. The maximum atomic E-state index is 13.0. The van der Waals surface area contributed by atoms with Crippen LogP contribution in [0.3, 0.4) is 0 Å². The maximum Gasteiger partial charge on any atom is 0.263 e. The summed E-state index contributed by atoms with van der Waals surface area (Å²) in [6.45, 7) is 6.83. The SMILES string of the molecule is COCCn1nc(-c2ccc(C(F)F)cc2)c(C)c1Cc1cc(-n2nc(C)c(OC)c2C)ncn1. The Morgan fingerprint density at radius 1 is 1.00 bits per heavy atom. The van der Waals surface area contributed by atoms with E-state index in [2.05, 4.69) is 15.1 Å². The van der Waals surface area contributed by atoms with E-state index in [4.69, 9.17) is 14.6 Å². The first-order valence-electron chi connectivity index (χ1n) is 11.2. The lowest BCUT2D eigenvalue weighted by molar-refractivity contribution is 0.151. The number of aromatic nitrogens is 6. The fourth-order valence-electron chi connectivity index (χ4n) is 4.15. The summed E-state index contributed by atoms with van der Waals surface area (Å²) in [5.74, 6) is 1.36. The Labute approximate surface area is 202 Å². The number of nitrogens with zero attached hydrogens (tertiary/aromatic N) is 6. The van der Waals surface area contributed by atoms with Crippen molar-refractivity contribution in [2.75, 3.05) is 20.8 Å². The van der Waals surface area contributed by atoms with Crippen LogP contribution in [0.25, 0.3) is 17.1 Å². The summed E-state index contributed by atoms with van der Waals surface area (Å²) in [4.78, 5) is 8.88. The Hall–Kier alpha value is -3.66. The first-order chi connectivity index (χ1) is 16.8. The summed E-state index contributed by atoms with van der Waals surface area (Å²) in [6.07, 6.45) is -0.485. The minimum absolute atomic E-state index is 0.0141. The van der Waals surface area contributed by atoms with Gasteiger partial charge in [0.1, 0.15) is 12.0 Å². The van der Waals surface area contributed by atoms with E-state index in [1.807, 2.05) is 31.5 Å². The van der Waals surface area contributed by atoms with E-state index in [9.17, 15) is 8.78 Å². The highest BCUT2D eigenvalue weighted by Crippen LogP contribution is 2.29. The van der Waals surface area contributed by atoms with Crippen LogP contribution in [0.5, 0.6) is 5.75 Å². The normalized spacial score (nSPS) is 11.4. The summed E-state index contributed by atoms with van der Waals surface area (Å²) in [5, 5.41) is 9.33. The monoisotopic (exact) mass is 482 g/mol. The summed E-state index contributed by atoms with van der Waals surface area (Å²) in [5.41, 5.74) is 5.86. The molecule has 0 radical (unpaired) electrons. The van der Waals surface area contributed by atoms with Crippen LogP contribution in [0.1, 0.15) is 40.3 Å². The Bertz CT molecular complexity index is 1310. The van der Waals surface area contributed by atoms with Gasteiger partial charge in [-0.2, -0.15) is 10.2 Å². The molecule has 0 bridgehead atoms. The molecule has 0 aliphatic carbocycles. The number of ether oxygens (including phenoxy) is 2. The van der Waals surface area contributed by atoms with E-state index < -0.39 is 6.43 Å². The van der Waals surface area contributed by atoms with Gasteiger partial charge in [0.05, 0.1) is 37.3 Å². The average molecular weight is 483 g/mol. The summed E-state index contributed by atoms with van der Waals surface area (Å²) < 4.78 is 40.3. The fourth-order valence-corrected chi connectivity index (χ4v) is 4.15. The van der Waals surface area contributed by atoms with Crippen molar-refractivity contribution in [1.29, 1.82) is 0 Å². The Balaban J connectivity index is 1.70. The van der Waals surface area contributed by atoms with E-state index in [1.54, 1.807) is 31.0 Å². The number of hydrogen-bond donors (Lipinski definition) is 0. The molecule has 0 N–H and O–H groups in total. The van der Waals surface area contributed by atoms with Crippen molar-refractivity contribution in [2.24, 2.45) is 0 Å². The molecule has 0 atom stereocenters. The summed E-state index contributed by atoms with van der Waals surface area (Å²) >= 11 is 0. The van der Waals surface area contributed by atoms with Crippen molar-refractivity contribution in [1.82, 2.24) is 29.5 Å². The fraction of sp³-hybridized carbons (Fsp3) is 0.360. The molecular formula is C25H28F2N6O2. The number of alkyl halides is 2. The molecule has 4 rings (SSSR count). The molecule has 35 heavy (non-hydrogen) atoms. The Kier molecular flexibility index (Phi) is 7.20. The molecular weight excluding hydrogens is 454 g/mol. The average Bonchev–Trinajstić information content (AvgIpc) is 3.32. The van der Waals surface area contributed by atoms with Gasteiger partial charge in [0.2, 0.25) is 0 Å². The largest absolute Gasteiger partial charge is 0.493 e. The number of benzene rings is 1. The van der Waals surface area contributed by atoms with Crippen LogP contribution in [-0.2, 0) is 17.7 Å². The molecule has 0 saturated heterocycles. The highest BCUT2D eigenvalue weighted by Gasteiger charge is 2.19. The lowest BCUT2D eigenvalue weighted by Crippen LogP contribution is -2.11. The summed E-state index contributed by atoms with van der Waals surface area (Å²) in [7, 11) is 3.26. The zero-order chi connectivity index (χ0) is 25.1. The van der Waals surface area contributed by atoms with Gasteiger partial charge in [-0.25, -0.2) is 23.4 Å². The third-order valence-electron chi connectivity index (χ3n) is 5.97. The van der Waals surface area contributed by atoms with Crippen molar-refractivity contribution in [3.63, 3.8) is 0 Å². The van der Waals surface area contributed by atoms with E-state index in [-0.39, 0.29) is 5.56 Å². The van der Waals surface area contributed by atoms with Gasteiger partial charge in [-0.05, 0) is 26.3 Å². The van der Waals surface area contributed by atoms with E-state index in [0.29, 0.717) is 25.4 Å². The third-order valence-corrected chi connectivity index (χ3v) is 5.97. The zero-order valence-corrected chi connectivity index (χ0v) is 20.4. The van der Waals surface area contributed by atoms with Gasteiger partial charge in [-0.3, -0.25) is 4.68 Å². The molecule has 0 amide bonds. The Morgan fingerprint density at radius 3 is 2.37 bits per heavy atom. The van der Waals surface area contributed by atoms with Crippen molar-refractivity contribution < 1.29 is 18.3 Å². The predicted octanol–water partition coefficient (Wildman–Crippen LogP) is 4.63. The van der Waals surface area contributed by atoms with Gasteiger partial charge in [0.15, 0.2) is 11.6 Å². The van der Waals surface area contributed by atoms with Crippen molar-refractivity contribution in [3.8, 4) is 22.8 Å². The molecule has 184 valence electrons. The summed E-state index contributed by atoms with van der Waals surface area (Å²) in [6, 6.07) is 8.13. The third kappa shape index (κ3) is 4.93. The highest BCUT2D eigenvalue weighted by atomic mass is 19.3. The van der Waals surface area contributed by atoms with Crippen molar-refractivity contribution in [2.45, 2.75) is 40.2 Å². The van der Waals surface area contributed by atoms with Gasteiger partial charge in [-0.1, -0.05) is 24.3 Å². The van der Waals surface area contributed by atoms with Crippen LogP contribution >= 0.6 is 0 Å². The number of hydrogen-bond acceptors (Lipinski definition) is 6. The van der Waals surface area contributed by atoms with E-state index >= 15 is 0 Å². The predicted molar refractivity (Wildman–Crippen MR) is 127 cm³/mol. The second-order valence-corrected chi connectivity index (χ2v) is 8.22. The van der Waals surface area contributed by atoms with Crippen molar-refractivity contribution in [3.05, 3.63) is 70.6 Å². The maximum absolute atomic E-state index is 13.0. The molecule has 0 aliphatic heterocycles. The number of methoxy groups -OCH3 is 2. The van der Waals surface area contributed by atoms with Crippen LogP contribution in [0.2, 0.25) is 0 Å². The van der Waals surface area contributed by atoms with Gasteiger partial charge in [0, 0.05) is 36.4 Å². The van der Waals surface area contributed by atoms with Gasteiger partial charge < -0.3 is 9.47 Å². The van der Waals surface area contributed by atoms with Crippen LogP contribution in [-0.4, -0.2) is 50.4 Å². The van der Waals surface area contributed by atoms with Crippen LogP contribution in [0, 0.1) is 20.8 Å². The molecule has 1 aromatic carbocycles. The first-order valence-corrected chi connectivity index (χ1v) is 11.2. The minimum atomic E-state index is -2.51. The standard InChI is InChI=1S/C25H28F2N6O2/c1-15-21(12-20-13-22(29-14-28-20)33-17(3)24(35-5)16(2)30-33)32(10-11-34-4)31-23(15)18-6-8-19(9-7-18)25(26)27/h6-9,13-14,25H,10-12H2,1-5H3. The molecule has 3 aromatic heterocycles. The van der Waals surface area contributed by atoms with Gasteiger partial charge >= 0.3 is 0 Å². The second-order valence-electron chi connectivity index (χ2n) is 8.22. The molecule has 4 aromatic rings. The lowest BCUT2D eigenvalue weighted by atomic mass is 10.0. The first kappa shape index (κ1) is 24.5. The molecule has 8 nitrogen and oxygen atoms in total. The number of aryl methyl sites for hydroxylation is 1. The molecule has 10 heteroatoms. The topological polar surface area (TPSA) is 79.9 Å².